The Morgan fingerprint density at radius 2 is 1.60 bits per heavy atom. The van der Waals surface area contributed by atoms with Crippen molar-refractivity contribution in [2.24, 2.45) is 0 Å². The Labute approximate surface area is 241 Å². The molecular weight excluding hydrogens is 530 g/mol. The van der Waals surface area contributed by atoms with Gasteiger partial charge in [-0.15, -0.1) is 0 Å². The summed E-state index contributed by atoms with van der Waals surface area (Å²) in [4.78, 5) is 29.8. The first-order valence-electron chi connectivity index (χ1n) is 13.6. The molecule has 4 N–H and O–H groups in total. The van der Waals surface area contributed by atoms with Gasteiger partial charge in [-0.25, -0.2) is 9.59 Å². The van der Waals surface area contributed by atoms with E-state index in [1.54, 1.807) is 43.5 Å². The smallest absolute Gasteiger partial charge is 0.344 e. The Kier molecular flexibility index (Phi) is 7.34. The van der Waals surface area contributed by atoms with Crippen LogP contribution in [0.2, 0.25) is 0 Å². The normalized spacial score (nSPS) is 11.8. The Morgan fingerprint density at radius 3 is 2.40 bits per heavy atom. The number of aromatic nitrogens is 1. The number of fused-ring (bicyclic) bond motifs is 2. The number of benzene rings is 4. The highest BCUT2D eigenvalue weighted by Crippen LogP contribution is 2.41. The van der Waals surface area contributed by atoms with E-state index >= 15 is 0 Å². The maximum absolute atomic E-state index is 13.5. The predicted octanol–water partition coefficient (Wildman–Crippen LogP) is 6.53. The van der Waals surface area contributed by atoms with Crippen molar-refractivity contribution in [3.05, 3.63) is 136 Å². The Morgan fingerprint density at radius 1 is 0.905 bits per heavy atom. The van der Waals surface area contributed by atoms with Crippen molar-refractivity contribution >= 4 is 33.6 Å². The lowest BCUT2D eigenvalue weighted by molar-refractivity contribution is 0.252. The zero-order valence-electron chi connectivity index (χ0n) is 22.9. The number of carbonyl (C=O) groups excluding carboxylic acids is 1. The van der Waals surface area contributed by atoms with E-state index in [0.29, 0.717) is 35.4 Å². The van der Waals surface area contributed by atoms with Gasteiger partial charge in [-0.2, -0.15) is 0 Å². The van der Waals surface area contributed by atoms with Crippen LogP contribution in [0.15, 0.2) is 112 Å². The van der Waals surface area contributed by atoms with Gasteiger partial charge in [0, 0.05) is 23.1 Å². The summed E-state index contributed by atoms with van der Waals surface area (Å²) < 4.78 is 11.0. The van der Waals surface area contributed by atoms with E-state index in [9.17, 15) is 14.7 Å². The Balaban J connectivity index is 1.40. The Bertz CT molecular complexity index is 1940. The summed E-state index contributed by atoms with van der Waals surface area (Å²) in [7, 11) is 1.55. The number of aromatic amines is 1. The average molecular weight is 560 g/mol. The van der Waals surface area contributed by atoms with Crippen LogP contribution in [-0.2, 0) is 6.42 Å². The molecule has 4 aromatic carbocycles. The van der Waals surface area contributed by atoms with Gasteiger partial charge in [-0.1, -0.05) is 72.8 Å². The molecule has 2 amide bonds. The lowest BCUT2D eigenvalue weighted by Crippen LogP contribution is -2.30. The van der Waals surface area contributed by atoms with E-state index < -0.39 is 11.5 Å². The summed E-state index contributed by atoms with van der Waals surface area (Å²) in [6.45, 7) is 0.315. The first kappa shape index (κ1) is 26.7. The predicted molar refractivity (Wildman–Crippen MR) is 164 cm³/mol. The fourth-order valence-electron chi connectivity index (χ4n) is 5.48. The third-order valence-corrected chi connectivity index (χ3v) is 7.39. The number of aromatic hydroxyl groups is 1. The number of hydrogen-bond donors (Lipinski definition) is 4. The van der Waals surface area contributed by atoms with E-state index in [-0.39, 0.29) is 17.3 Å². The van der Waals surface area contributed by atoms with Crippen molar-refractivity contribution in [3.63, 3.8) is 0 Å². The zero-order chi connectivity index (χ0) is 29.1. The molecule has 42 heavy (non-hydrogen) atoms. The van der Waals surface area contributed by atoms with Crippen molar-refractivity contribution in [2.75, 3.05) is 19.0 Å². The van der Waals surface area contributed by atoms with Crippen LogP contribution in [0, 0.1) is 0 Å². The molecule has 0 saturated carbocycles. The number of urea groups is 1. The van der Waals surface area contributed by atoms with Crippen molar-refractivity contribution in [1.29, 1.82) is 0 Å². The number of para-hydroxylation sites is 4. The first-order chi connectivity index (χ1) is 20.5. The second-order valence-electron chi connectivity index (χ2n) is 9.89. The minimum Gasteiger partial charge on any atom is -0.507 e. The number of amides is 2. The second-order valence-corrected chi connectivity index (χ2v) is 9.89. The van der Waals surface area contributed by atoms with Crippen LogP contribution in [-0.4, -0.2) is 29.8 Å². The molecule has 2 aromatic heterocycles. The van der Waals surface area contributed by atoms with Gasteiger partial charge in [0.1, 0.15) is 17.1 Å². The SMILES string of the molecule is COc1ccccc1NC(=O)NCCc1c(C(c2ccccc2)c2c(O)c3ccccc3oc2=O)[nH]c2ccccc12. The molecule has 0 aliphatic carbocycles. The molecule has 6 rings (SSSR count). The van der Waals surface area contributed by atoms with E-state index in [2.05, 4.69) is 15.6 Å². The summed E-state index contributed by atoms with van der Waals surface area (Å²) >= 11 is 0. The standard InChI is InChI=1S/C34H29N3O5/c1-41-28-18-10-8-16-26(28)37-34(40)35-20-19-23-22-13-5-7-15-25(22)36-31(23)29(21-11-3-2-4-12-21)30-32(38)24-14-6-9-17-27(24)42-33(30)39/h2-18,29,36,38H,19-20H2,1H3,(H2,35,37,40). The van der Waals surface area contributed by atoms with Crippen molar-refractivity contribution < 1.29 is 19.1 Å². The molecule has 0 saturated heterocycles. The number of carbonyl (C=O) groups is 1. The number of rotatable bonds is 8. The number of nitrogens with one attached hydrogen (secondary N) is 3. The van der Waals surface area contributed by atoms with Crippen molar-refractivity contribution in [2.45, 2.75) is 12.3 Å². The zero-order valence-corrected chi connectivity index (χ0v) is 22.9. The van der Waals surface area contributed by atoms with Gasteiger partial charge in [-0.05, 0) is 47.9 Å². The molecule has 0 fully saturated rings. The molecule has 0 spiro atoms. The molecule has 8 nitrogen and oxygen atoms in total. The summed E-state index contributed by atoms with van der Waals surface area (Å²) in [6.07, 6.45) is 0.460. The minimum atomic E-state index is -0.656. The van der Waals surface area contributed by atoms with Crippen LogP contribution < -0.4 is 21.0 Å². The molecule has 0 bridgehead atoms. The molecular formula is C34H29N3O5. The molecule has 210 valence electrons. The van der Waals surface area contributed by atoms with E-state index in [4.69, 9.17) is 9.15 Å². The fraction of sp³-hybridized carbons (Fsp3) is 0.118. The molecule has 1 unspecified atom stereocenters. The van der Waals surface area contributed by atoms with Crippen LogP contribution in [0.1, 0.15) is 28.3 Å². The monoisotopic (exact) mass is 559 g/mol. The molecule has 0 radical (unpaired) electrons. The molecule has 1 atom stereocenters. The van der Waals surface area contributed by atoms with Gasteiger partial charge in [0.25, 0.3) is 0 Å². The Hall–Kier alpha value is -5.50. The minimum absolute atomic E-state index is 0.116. The van der Waals surface area contributed by atoms with Crippen molar-refractivity contribution in [3.8, 4) is 11.5 Å². The highest BCUT2D eigenvalue weighted by molar-refractivity contribution is 5.91. The number of H-pyrrole nitrogens is 1. The van der Waals surface area contributed by atoms with E-state index in [1.807, 2.05) is 66.7 Å². The summed E-state index contributed by atoms with van der Waals surface area (Å²) in [5.41, 5.74) is 3.77. The third kappa shape index (κ3) is 5.06. The molecule has 6 aromatic rings. The lowest BCUT2D eigenvalue weighted by Gasteiger charge is -2.20. The molecule has 2 heterocycles. The van der Waals surface area contributed by atoms with Crippen LogP contribution in [0.25, 0.3) is 21.9 Å². The van der Waals surface area contributed by atoms with Gasteiger partial charge in [0.2, 0.25) is 0 Å². The van der Waals surface area contributed by atoms with Crippen LogP contribution in [0.5, 0.6) is 11.5 Å². The van der Waals surface area contributed by atoms with Crippen LogP contribution in [0.3, 0.4) is 0 Å². The van der Waals surface area contributed by atoms with Gasteiger partial charge in [-0.3, -0.25) is 0 Å². The number of hydrogen-bond acceptors (Lipinski definition) is 5. The van der Waals surface area contributed by atoms with E-state index in [0.717, 1.165) is 27.7 Å². The van der Waals surface area contributed by atoms with Crippen molar-refractivity contribution in [1.82, 2.24) is 10.3 Å². The van der Waals surface area contributed by atoms with Crippen LogP contribution in [0.4, 0.5) is 10.5 Å². The first-order valence-corrected chi connectivity index (χ1v) is 13.6. The van der Waals surface area contributed by atoms with E-state index in [1.165, 1.54) is 0 Å². The summed E-state index contributed by atoms with van der Waals surface area (Å²) in [5.74, 6) is -0.210. The maximum atomic E-state index is 13.5. The van der Waals surface area contributed by atoms with Crippen LogP contribution >= 0.6 is 0 Å². The van der Waals surface area contributed by atoms with Gasteiger partial charge in [0.05, 0.1) is 29.7 Å². The maximum Gasteiger partial charge on any atom is 0.344 e. The van der Waals surface area contributed by atoms with Gasteiger partial charge < -0.3 is 29.9 Å². The average Bonchev–Trinajstić information content (AvgIpc) is 3.37. The third-order valence-electron chi connectivity index (χ3n) is 7.39. The summed E-state index contributed by atoms with van der Waals surface area (Å²) in [6, 6.07) is 31.2. The summed E-state index contributed by atoms with van der Waals surface area (Å²) in [5, 5.41) is 18.7. The quantitative estimate of drug-likeness (QED) is 0.158. The largest absolute Gasteiger partial charge is 0.507 e. The second kappa shape index (κ2) is 11.5. The van der Waals surface area contributed by atoms with Gasteiger partial charge >= 0.3 is 11.7 Å². The number of methoxy groups -OCH3 is 1. The number of anilines is 1. The molecule has 0 aliphatic rings. The van der Waals surface area contributed by atoms with Gasteiger partial charge in [0.15, 0.2) is 0 Å². The highest BCUT2D eigenvalue weighted by Gasteiger charge is 2.30. The fourth-order valence-corrected chi connectivity index (χ4v) is 5.48. The highest BCUT2D eigenvalue weighted by atomic mass is 16.5. The molecule has 8 heteroatoms. The number of ether oxygens (including phenoxy) is 1. The topological polar surface area (TPSA) is 117 Å². The molecule has 0 aliphatic heterocycles. The lowest BCUT2D eigenvalue weighted by atomic mass is 9.85.